The molecule has 1 aliphatic carbocycles. The fourth-order valence-corrected chi connectivity index (χ4v) is 5.98. The van der Waals surface area contributed by atoms with Gasteiger partial charge in [0.15, 0.2) is 5.84 Å². The van der Waals surface area contributed by atoms with Crippen LogP contribution in [-0.2, 0) is 4.74 Å². The second-order valence-electron chi connectivity index (χ2n) is 11.5. The van der Waals surface area contributed by atoms with E-state index in [0.29, 0.717) is 37.3 Å². The third kappa shape index (κ3) is 5.63. The van der Waals surface area contributed by atoms with Gasteiger partial charge in [-0.1, -0.05) is 18.0 Å². The van der Waals surface area contributed by atoms with Gasteiger partial charge in [0.25, 0.3) is 0 Å². The Kier molecular flexibility index (Phi) is 7.54. The lowest BCUT2D eigenvalue weighted by Gasteiger charge is -2.49. The molecule has 2 atom stereocenters. The molecule has 2 aliphatic heterocycles. The second kappa shape index (κ2) is 10.3. The van der Waals surface area contributed by atoms with Crippen molar-refractivity contribution in [2.75, 3.05) is 38.1 Å². The summed E-state index contributed by atoms with van der Waals surface area (Å²) in [5.41, 5.74) is 6.41. The van der Waals surface area contributed by atoms with E-state index in [1.807, 2.05) is 37.8 Å². The molecule has 1 spiro atoms. The number of hydrogen-bond acceptors (Lipinski definition) is 8. The van der Waals surface area contributed by atoms with Crippen LogP contribution in [0.3, 0.4) is 0 Å². The smallest absolute Gasteiger partial charge is 0.410 e. The zero-order valence-corrected chi connectivity index (χ0v) is 22.4. The van der Waals surface area contributed by atoms with Gasteiger partial charge < -0.3 is 25.3 Å². The van der Waals surface area contributed by atoms with Crippen LogP contribution in [0, 0.1) is 0 Å². The van der Waals surface area contributed by atoms with Crippen LogP contribution in [0.2, 0.25) is 0 Å². The van der Waals surface area contributed by atoms with Crippen LogP contribution < -0.4 is 15.4 Å². The summed E-state index contributed by atoms with van der Waals surface area (Å²) in [6.07, 6.45) is 5.99. The van der Waals surface area contributed by atoms with Gasteiger partial charge in [0.1, 0.15) is 17.4 Å². The third-order valence-corrected chi connectivity index (χ3v) is 7.75. The Morgan fingerprint density at radius 1 is 1.22 bits per heavy atom. The highest BCUT2D eigenvalue weighted by Crippen LogP contribution is 2.40. The Hall–Kier alpha value is -2.75. The van der Waals surface area contributed by atoms with Crippen LogP contribution in [0.1, 0.15) is 71.9 Å². The summed E-state index contributed by atoms with van der Waals surface area (Å²) in [4.78, 5) is 24.2. The van der Waals surface area contributed by atoms with E-state index in [1.54, 1.807) is 0 Å². The molecule has 3 aliphatic rings. The quantitative estimate of drug-likeness (QED) is 0.272. The van der Waals surface area contributed by atoms with Crippen molar-refractivity contribution < 1.29 is 19.5 Å². The Balaban J connectivity index is 1.59. The number of nitrogens with zero attached hydrogens (tertiary/aromatic N) is 5. The van der Waals surface area contributed by atoms with Crippen LogP contribution in [0.4, 0.5) is 10.5 Å². The third-order valence-electron chi connectivity index (χ3n) is 7.75. The number of carbonyl (C=O) groups is 1. The maximum Gasteiger partial charge on any atom is 0.410 e. The van der Waals surface area contributed by atoms with E-state index >= 15 is 0 Å². The lowest BCUT2D eigenvalue weighted by molar-refractivity contribution is -0.00622. The van der Waals surface area contributed by atoms with Crippen LogP contribution in [-0.4, -0.2) is 88.4 Å². The number of hydrogen-bond donors (Lipinski definition) is 2. The number of likely N-dealkylation sites (N-methyl/N-ethyl adjacent to an activating group) is 1. The first-order valence-corrected chi connectivity index (χ1v) is 13.1. The molecule has 0 radical (unpaired) electrons. The van der Waals surface area contributed by atoms with Gasteiger partial charge in [-0.25, -0.2) is 9.78 Å². The zero-order chi connectivity index (χ0) is 26.1. The van der Waals surface area contributed by atoms with Crippen LogP contribution in [0.15, 0.2) is 17.3 Å². The van der Waals surface area contributed by atoms with Crippen molar-refractivity contribution in [3.63, 3.8) is 0 Å². The number of nitrogens with two attached hydrogens (primary N) is 1. The largest absolute Gasteiger partial charge is 0.473 e. The lowest BCUT2D eigenvalue weighted by Crippen LogP contribution is -2.63. The number of aromatic nitrogens is 1. The molecule has 1 aromatic heterocycles. The number of carbonyl (C=O) groups excluding carboxylic acids is 1. The van der Waals surface area contributed by atoms with Gasteiger partial charge in [-0.2, -0.15) is 0 Å². The Morgan fingerprint density at radius 2 is 1.94 bits per heavy atom. The molecule has 0 aromatic carbocycles. The first kappa shape index (κ1) is 26.3. The number of pyridine rings is 1. The van der Waals surface area contributed by atoms with Gasteiger partial charge in [-0.05, 0) is 73.0 Å². The monoisotopic (exact) mass is 502 g/mol. The minimum absolute atomic E-state index is 0.0504. The molecule has 2 saturated heterocycles. The van der Waals surface area contributed by atoms with Crippen molar-refractivity contribution in [3.05, 3.63) is 17.8 Å². The first-order valence-electron chi connectivity index (χ1n) is 13.1. The summed E-state index contributed by atoms with van der Waals surface area (Å²) < 4.78 is 12.1. The van der Waals surface area contributed by atoms with Crippen LogP contribution in [0.5, 0.6) is 5.88 Å². The molecule has 200 valence electrons. The Morgan fingerprint density at radius 3 is 2.56 bits per heavy atom. The van der Waals surface area contributed by atoms with E-state index < -0.39 is 5.60 Å². The molecule has 0 unspecified atom stereocenters. The fraction of sp³-hybridized carbons (Fsp3) is 0.731. The maximum absolute atomic E-state index is 13.1. The number of piperazine rings is 1. The molecule has 1 amide bonds. The summed E-state index contributed by atoms with van der Waals surface area (Å²) in [6.45, 7) is 10.7. The number of rotatable bonds is 5. The van der Waals surface area contributed by atoms with Crippen molar-refractivity contribution >= 4 is 17.6 Å². The molecule has 4 rings (SSSR count). The van der Waals surface area contributed by atoms with E-state index in [2.05, 4.69) is 33.9 Å². The number of ether oxygens (including phenoxy) is 2. The van der Waals surface area contributed by atoms with Crippen molar-refractivity contribution in [2.24, 2.45) is 10.9 Å². The topological polar surface area (TPSA) is 117 Å². The summed E-state index contributed by atoms with van der Waals surface area (Å²) >= 11 is 0. The average Bonchev–Trinajstić information content (AvgIpc) is 3.46. The number of amides is 1. The van der Waals surface area contributed by atoms with E-state index in [9.17, 15) is 10.0 Å². The lowest BCUT2D eigenvalue weighted by atomic mass is 9.91. The number of amidine groups is 1. The standard InChI is InChI=1S/C26H42N6O4/c1-18(21-9-8-12-30(21)5)35-22-16-19(15-20(28-22)23(27)29-34)31-13-14-32(24(33)36-25(2,3)4)26(17-31)10-6-7-11-26/h15-16,18,21,34H,6-14,17H2,1-5H3,(H2,27,29)/t18-,21-/m0/s1. The maximum atomic E-state index is 13.1. The van der Waals surface area contributed by atoms with Crippen LogP contribution in [0.25, 0.3) is 0 Å². The molecule has 10 heteroatoms. The predicted molar refractivity (Wildman–Crippen MR) is 139 cm³/mol. The Labute approximate surface area is 214 Å². The highest BCUT2D eigenvalue weighted by molar-refractivity contribution is 5.96. The molecular weight excluding hydrogens is 460 g/mol. The van der Waals surface area contributed by atoms with Gasteiger partial charge in [-0.3, -0.25) is 9.80 Å². The first-order chi connectivity index (χ1) is 17.0. The summed E-state index contributed by atoms with van der Waals surface area (Å²) in [7, 11) is 2.12. The van der Waals surface area contributed by atoms with Crippen molar-refractivity contribution in [3.8, 4) is 5.88 Å². The van der Waals surface area contributed by atoms with E-state index in [4.69, 9.17) is 15.2 Å². The summed E-state index contributed by atoms with van der Waals surface area (Å²) in [5, 5.41) is 12.5. The Bertz CT molecular complexity index is 972. The van der Waals surface area contributed by atoms with E-state index in [1.165, 1.54) is 0 Å². The van der Waals surface area contributed by atoms with E-state index in [0.717, 1.165) is 50.8 Å². The highest BCUT2D eigenvalue weighted by atomic mass is 16.6. The molecule has 36 heavy (non-hydrogen) atoms. The average molecular weight is 503 g/mol. The van der Waals surface area contributed by atoms with Crippen molar-refractivity contribution in [2.45, 2.75) is 89.5 Å². The van der Waals surface area contributed by atoms with Gasteiger partial charge in [0.05, 0.1) is 5.54 Å². The van der Waals surface area contributed by atoms with E-state index in [-0.39, 0.29) is 23.6 Å². The summed E-state index contributed by atoms with van der Waals surface area (Å²) in [5.74, 6) is 0.396. The van der Waals surface area contributed by atoms with Crippen molar-refractivity contribution in [1.82, 2.24) is 14.8 Å². The normalized spacial score (nSPS) is 23.8. The molecule has 3 heterocycles. The molecule has 0 bridgehead atoms. The molecule has 3 N–H and O–H groups in total. The molecule has 1 aromatic rings. The predicted octanol–water partition coefficient (Wildman–Crippen LogP) is 3.41. The van der Waals surface area contributed by atoms with Crippen LogP contribution >= 0.6 is 0 Å². The molecule has 10 nitrogen and oxygen atoms in total. The molecule has 3 fully saturated rings. The number of oxime groups is 1. The van der Waals surface area contributed by atoms with Gasteiger partial charge in [-0.15, -0.1) is 0 Å². The fourth-order valence-electron chi connectivity index (χ4n) is 5.98. The van der Waals surface area contributed by atoms with Gasteiger partial charge in [0, 0.05) is 37.4 Å². The SMILES string of the molecule is C[C@H](Oc1cc(N2CCN(C(=O)OC(C)(C)C)C3(CCCC3)C2)cc(/C(N)=N/O)n1)[C@@H]1CCCN1C. The minimum atomic E-state index is -0.536. The molecular formula is C26H42N6O4. The van der Waals surface area contributed by atoms with Crippen molar-refractivity contribution in [1.29, 1.82) is 0 Å². The zero-order valence-electron chi connectivity index (χ0n) is 22.4. The summed E-state index contributed by atoms with van der Waals surface area (Å²) in [6, 6.07) is 4.09. The van der Waals surface area contributed by atoms with Gasteiger partial charge >= 0.3 is 6.09 Å². The number of likely N-dealkylation sites (tertiary alicyclic amines) is 1. The molecule has 1 saturated carbocycles. The highest BCUT2D eigenvalue weighted by Gasteiger charge is 2.47. The number of anilines is 1. The minimum Gasteiger partial charge on any atom is -0.473 e. The second-order valence-corrected chi connectivity index (χ2v) is 11.5. The van der Waals surface area contributed by atoms with Gasteiger partial charge in [0.2, 0.25) is 5.88 Å².